The van der Waals surface area contributed by atoms with E-state index in [0.29, 0.717) is 17.1 Å². The predicted molar refractivity (Wildman–Crippen MR) is 71.3 cm³/mol. The Morgan fingerprint density at radius 2 is 2.18 bits per heavy atom. The molecule has 0 bridgehead atoms. The highest BCUT2D eigenvalue weighted by molar-refractivity contribution is 6.33. The van der Waals surface area contributed by atoms with Crippen LogP contribution < -0.4 is 11.1 Å². The molecule has 1 aromatic rings. The molecule has 1 amide bonds. The summed E-state index contributed by atoms with van der Waals surface area (Å²) in [5.41, 5.74) is 6.13. The fraction of sp³-hybridized carbons (Fsp3) is 0.462. The first-order valence-electron chi connectivity index (χ1n) is 5.94. The van der Waals surface area contributed by atoms with Crippen molar-refractivity contribution in [3.05, 3.63) is 34.9 Å². The van der Waals surface area contributed by atoms with Crippen molar-refractivity contribution in [2.24, 2.45) is 5.73 Å². The summed E-state index contributed by atoms with van der Waals surface area (Å²) in [6, 6.07) is 7.05. The Hall–Kier alpha value is -1.06. The van der Waals surface area contributed by atoms with Crippen LogP contribution in [0.2, 0.25) is 5.02 Å². The average Bonchev–Trinajstić information content (AvgIpc) is 2.34. The minimum Gasteiger partial charge on any atom is -0.348 e. The van der Waals surface area contributed by atoms with Crippen molar-refractivity contribution in [3.8, 4) is 0 Å². The van der Waals surface area contributed by atoms with Crippen LogP contribution in [0.25, 0.3) is 0 Å². The third kappa shape index (κ3) is 4.36. The first kappa shape index (κ1) is 14.0. The number of carbonyl (C=O) groups is 1. The van der Waals surface area contributed by atoms with Crippen molar-refractivity contribution in [2.45, 2.75) is 32.2 Å². The van der Waals surface area contributed by atoms with Crippen LogP contribution in [0.3, 0.4) is 0 Å². The topological polar surface area (TPSA) is 55.1 Å². The molecule has 0 saturated carbocycles. The number of amides is 1. The number of benzene rings is 1. The van der Waals surface area contributed by atoms with Crippen LogP contribution in [-0.2, 0) is 0 Å². The number of halogens is 1. The summed E-state index contributed by atoms with van der Waals surface area (Å²) in [5.74, 6) is -0.151. The number of rotatable bonds is 6. The van der Waals surface area contributed by atoms with Gasteiger partial charge in [0.2, 0.25) is 0 Å². The molecular formula is C13H19ClN2O. The van der Waals surface area contributed by atoms with E-state index in [1.165, 1.54) is 0 Å². The van der Waals surface area contributed by atoms with Gasteiger partial charge < -0.3 is 11.1 Å². The van der Waals surface area contributed by atoms with Gasteiger partial charge in [-0.25, -0.2) is 0 Å². The summed E-state index contributed by atoms with van der Waals surface area (Å²) in [6.45, 7) is 2.57. The van der Waals surface area contributed by atoms with Gasteiger partial charge in [0.15, 0.2) is 0 Å². The summed E-state index contributed by atoms with van der Waals surface area (Å²) >= 11 is 5.96. The Morgan fingerprint density at radius 1 is 1.47 bits per heavy atom. The number of hydrogen-bond donors (Lipinski definition) is 2. The first-order valence-corrected chi connectivity index (χ1v) is 6.32. The molecule has 0 radical (unpaired) electrons. The van der Waals surface area contributed by atoms with Crippen LogP contribution in [0.4, 0.5) is 0 Å². The van der Waals surface area contributed by atoms with Gasteiger partial charge in [-0.05, 0) is 18.6 Å². The zero-order chi connectivity index (χ0) is 12.7. The van der Waals surface area contributed by atoms with Crippen molar-refractivity contribution in [3.63, 3.8) is 0 Å². The van der Waals surface area contributed by atoms with Crippen LogP contribution in [0.1, 0.15) is 36.5 Å². The highest BCUT2D eigenvalue weighted by Crippen LogP contribution is 2.15. The molecule has 0 saturated heterocycles. The quantitative estimate of drug-likeness (QED) is 0.820. The lowest BCUT2D eigenvalue weighted by atomic mass is 10.1. The highest BCUT2D eigenvalue weighted by Gasteiger charge is 2.13. The van der Waals surface area contributed by atoms with Gasteiger partial charge in [-0.3, -0.25) is 4.79 Å². The molecule has 1 aromatic carbocycles. The second-order valence-corrected chi connectivity index (χ2v) is 4.44. The Morgan fingerprint density at radius 3 is 2.76 bits per heavy atom. The van der Waals surface area contributed by atoms with Gasteiger partial charge in [-0.1, -0.05) is 43.5 Å². The average molecular weight is 255 g/mol. The van der Waals surface area contributed by atoms with Crippen LogP contribution >= 0.6 is 11.6 Å². The summed E-state index contributed by atoms with van der Waals surface area (Å²) < 4.78 is 0. The number of nitrogens with one attached hydrogen (secondary N) is 1. The summed E-state index contributed by atoms with van der Waals surface area (Å²) in [4.78, 5) is 11.9. The third-order valence-electron chi connectivity index (χ3n) is 2.64. The van der Waals surface area contributed by atoms with E-state index in [2.05, 4.69) is 12.2 Å². The van der Waals surface area contributed by atoms with Gasteiger partial charge in [0.25, 0.3) is 5.91 Å². The molecule has 0 heterocycles. The molecule has 4 heteroatoms. The predicted octanol–water partition coefficient (Wildman–Crippen LogP) is 2.59. The Kier molecular flexibility index (Phi) is 6.01. The van der Waals surface area contributed by atoms with Gasteiger partial charge in [-0.15, -0.1) is 0 Å². The maximum absolute atomic E-state index is 11.9. The van der Waals surface area contributed by atoms with E-state index in [1.807, 2.05) is 0 Å². The van der Waals surface area contributed by atoms with Crippen molar-refractivity contribution in [2.75, 3.05) is 6.54 Å². The minimum absolute atomic E-state index is 0.0266. The van der Waals surface area contributed by atoms with E-state index in [4.69, 9.17) is 17.3 Å². The Bertz CT molecular complexity index is 368. The largest absolute Gasteiger partial charge is 0.348 e. The van der Waals surface area contributed by atoms with Crippen molar-refractivity contribution in [1.82, 2.24) is 5.32 Å². The van der Waals surface area contributed by atoms with E-state index in [-0.39, 0.29) is 11.9 Å². The number of nitrogens with two attached hydrogens (primary N) is 1. The van der Waals surface area contributed by atoms with Crippen molar-refractivity contribution < 1.29 is 4.79 Å². The fourth-order valence-electron chi connectivity index (χ4n) is 1.61. The SMILES string of the molecule is CCCCC(CN)NC(=O)c1ccccc1Cl. The summed E-state index contributed by atoms with van der Waals surface area (Å²) in [6.07, 6.45) is 3.06. The van der Waals surface area contributed by atoms with E-state index in [1.54, 1.807) is 24.3 Å². The Labute approximate surface area is 107 Å². The lowest BCUT2D eigenvalue weighted by molar-refractivity contribution is 0.0936. The van der Waals surface area contributed by atoms with E-state index in [9.17, 15) is 4.79 Å². The normalized spacial score (nSPS) is 12.2. The second kappa shape index (κ2) is 7.30. The number of carbonyl (C=O) groups excluding carboxylic acids is 1. The minimum atomic E-state index is -0.151. The molecular weight excluding hydrogens is 236 g/mol. The third-order valence-corrected chi connectivity index (χ3v) is 2.97. The molecule has 1 rings (SSSR count). The number of unbranched alkanes of at least 4 members (excludes halogenated alkanes) is 1. The standard InChI is InChI=1S/C13H19ClN2O/c1-2-3-6-10(9-15)16-13(17)11-7-4-5-8-12(11)14/h4-5,7-8,10H,2-3,6,9,15H2,1H3,(H,16,17). The lowest BCUT2D eigenvalue weighted by Crippen LogP contribution is -2.40. The van der Waals surface area contributed by atoms with Crippen LogP contribution in [0.15, 0.2) is 24.3 Å². The van der Waals surface area contributed by atoms with Crippen molar-refractivity contribution in [1.29, 1.82) is 0 Å². The van der Waals surface area contributed by atoms with Crippen molar-refractivity contribution >= 4 is 17.5 Å². The fourth-order valence-corrected chi connectivity index (χ4v) is 1.83. The second-order valence-electron chi connectivity index (χ2n) is 4.03. The van der Waals surface area contributed by atoms with E-state index < -0.39 is 0 Å². The molecule has 0 aliphatic carbocycles. The summed E-state index contributed by atoms with van der Waals surface area (Å²) in [5, 5.41) is 3.38. The Balaban J connectivity index is 2.61. The number of hydrogen-bond acceptors (Lipinski definition) is 2. The summed E-state index contributed by atoms with van der Waals surface area (Å²) in [7, 11) is 0. The smallest absolute Gasteiger partial charge is 0.253 e. The maximum atomic E-state index is 11.9. The molecule has 0 spiro atoms. The molecule has 3 N–H and O–H groups in total. The highest BCUT2D eigenvalue weighted by atomic mass is 35.5. The monoisotopic (exact) mass is 254 g/mol. The maximum Gasteiger partial charge on any atom is 0.253 e. The van der Waals surface area contributed by atoms with Gasteiger partial charge in [-0.2, -0.15) is 0 Å². The molecule has 0 aliphatic heterocycles. The first-order chi connectivity index (χ1) is 8.19. The molecule has 0 fully saturated rings. The molecule has 3 nitrogen and oxygen atoms in total. The van der Waals surface area contributed by atoms with Crippen LogP contribution in [-0.4, -0.2) is 18.5 Å². The lowest BCUT2D eigenvalue weighted by Gasteiger charge is -2.16. The van der Waals surface area contributed by atoms with Gasteiger partial charge in [0, 0.05) is 12.6 Å². The van der Waals surface area contributed by atoms with Gasteiger partial charge >= 0.3 is 0 Å². The zero-order valence-electron chi connectivity index (χ0n) is 10.1. The van der Waals surface area contributed by atoms with Gasteiger partial charge in [0.05, 0.1) is 10.6 Å². The molecule has 0 aliphatic rings. The molecule has 1 unspecified atom stereocenters. The van der Waals surface area contributed by atoms with Gasteiger partial charge in [0.1, 0.15) is 0 Å². The van der Waals surface area contributed by atoms with Crippen LogP contribution in [0, 0.1) is 0 Å². The molecule has 94 valence electrons. The molecule has 0 aromatic heterocycles. The van der Waals surface area contributed by atoms with Crippen LogP contribution in [0.5, 0.6) is 0 Å². The molecule has 17 heavy (non-hydrogen) atoms. The molecule has 1 atom stereocenters. The zero-order valence-corrected chi connectivity index (χ0v) is 10.8. The van der Waals surface area contributed by atoms with E-state index in [0.717, 1.165) is 19.3 Å². The van der Waals surface area contributed by atoms with E-state index >= 15 is 0 Å².